The van der Waals surface area contributed by atoms with Gasteiger partial charge in [-0.05, 0) is 19.1 Å². The predicted octanol–water partition coefficient (Wildman–Crippen LogP) is 3.12. The molecule has 0 N–H and O–H groups in total. The third-order valence-electron chi connectivity index (χ3n) is 2.30. The zero-order chi connectivity index (χ0) is 13.3. The Labute approximate surface area is 106 Å². The van der Waals surface area contributed by atoms with Crippen molar-refractivity contribution in [2.45, 2.75) is 52.1 Å². The van der Waals surface area contributed by atoms with E-state index in [-0.39, 0.29) is 13.0 Å². The van der Waals surface area contributed by atoms with Crippen molar-refractivity contribution in [3.63, 3.8) is 0 Å². The second kappa shape index (κ2) is 8.50. The van der Waals surface area contributed by atoms with Crippen LogP contribution in [-0.2, 0) is 14.3 Å². The third-order valence-corrected chi connectivity index (χ3v) is 3.21. The van der Waals surface area contributed by atoms with Gasteiger partial charge in [-0.3, -0.25) is 9.59 Å². The van der Waals surface area contributed by atoms with E-state index in [0.717, 1.165) is 18.2 Å². The Hall–Kier alpha value is -0.580. The monoisotopic (exact) mass is 264 g/mol. The van der Waals surface area contributed by atoms with Crippen molar-refractivity contribution in [3.8, 4) is 0 Å². The van der Waals surface area contributed by atoms with Crippen LogP contribution in [0.5, 0.6) is 0 Å². The molecule has 0 saturated carbocycles. The van der Waals surface area contributed by atoms with Crippen LogP contribution in [0.4, 0.5) is 4.39 Å². The average molecular weight is 264 g/mol. The molecule has 100 valence electrons. The number of esters is 1. The molecule has 0 bridgehead atoms. The van der Waals surface area contributed by atoms with Gasteiger partial charge in [0.25, 0.3) is 0 Å². The van der Waals surface area contributed by atoms with Crippen LogP contribution in [0, 0.1) is 0 Å². The van der Waals surface area contributed by atoms with Gasteiger partial charge in [-0.2, -0.15) is 0 Å². The molecule has 0 fully saturated rings. The van der Waals surface area contributed by atoms with Crippen molar-refractivity contribution >= 4 is 22.8 Å². The average Bonchev–Trinajstić information content (AvgIpc) is 2.27. The fourth-order valence-corrected chi connectivity index (χ4v) is 2.12. The SMILES string of the molecule is CCCC[C@@](F)(CC(=O)OCC)C(=O)SCC. The summed E-state index contributed by atoms with van der Waals surface area (Å²) in [5.41, 5.74) is -2.07. The highest BCUT2D eigenvalue weighted by Gasteiger charge is 2.40. The summed E-state index contributed by atoms with van der Waals surface area (Å²) in [6.45, 7) is 5.57. The maximum absolute atomic E-state index is 14.5. The minimum Gasteiger partial charge on any atom is -0.466 e. The number of unbranched alkanes of at least 4 members (excludes halogenated alkanes) is 1. The summed E-state index contributed by atoms with van der Waals surface area (Å²) in [6, 6.07) is 0. The Balaban J connectivity index is 4.58. The molecule has 0 aliphatic heterocycles. The van der Waals surface area contributed by atoms with Crippen LogP contribution in [0.1, 0.15) is 46.5 Å². The van der Waals surface area contributed by atoms with E-state index in [2.05, 4.69) is 0 Å². The predicted molar refractivity (Wildman–Crippen MR) is 67.8 cm³/mol. The molecule has 0 rings (SSSR count). The number of thioether (sulfide) groups is 1. The largest absolute Gasteiger partial charge is 0.466 e. The Morgan fingerprint density at radius 3 is 2.41 bits per heavy atom. The Kier molecular flexibility index (Phi) is 8.21. The number of halogens is 1. The van der Waals surface area contributed by atoms with E-state index in [1.54, 1.807) is 13.8 Å². The number of carbonyl (C=O) groups is 2. The standard InChI is InChI=1S/C12H21FO3S/c1-4-7-8-12(13,11(15)17-6-3)9-10(14)16-5-2/h4-9H2,1-3H3/t12-/m1/s1. The van der Waals surface area contributed by atoms with Gasteiger partial charge < -0.3 is 4.74 Å². The van der Waals surface area contributed by atoms with Crippen molar-refractivity contribution in [3.05, 3.63) is 0 Å². The lowest BCUT2D eigenvalue weighted by Gasteiger charge is -2.22. The highest BCUT2D eigenvalue weighted by molar-refractivity contribution is 8.13. The van der Waals surface area contributed by atoms with Crippen LogP contribution in [0.2, 0.25) is 0 Å². The Morgan fingerprint density at radius 1 is 1.29 bits per heavy atom. The van der Waals surface area contributed by atoms with Gasteiger partial charge in [0.15, 0.2) is 5.67 Å². The van der Waals surface area contributed by atoms with Gasteiger partial charge in [0.2, 0.25) is 5.12 Å². The van der Waals surface area contributed by atoms with Gasteiger partial charge >= 0.3 is 5.97 Å². The molecule has 3 nitrogen and oxygen atoms in total. The Morgan fingerprint density at radius 2 is 1.94 bits per heavy atom. The molecule has 1 atom stereocenters. The highest BCUT2D eigenvalue weighted by atomic mass is 32.2. The molecule has 0 aliphatic carbocycles. The van der Waals surface area contributed by atoms with Crippen molar-refractivity contribution in [1.82, 2.24) is 0 Å². The second-order valence-corrected chi connectivity index (χ2v) is 5.01. The normalized spacial score (nSPS) is 14.1. The maximum Gasteiger partial charge on any atom is 0.309 e. The molecule has 0 heterocycles. The van der Waals surface area contributed by atoms with Gasteiger partial charge in [0, 0.05) is 0 Å². The van der Waals surface area contributed by atoms with E-state index in [0.29, 0.717) is 12.2 Å². The van der Waals surface area contributed by atoms with Gasteiger partial charge in [-0.1, -0.05) is 38.5 Å². The molecular formula is C12H21FO3S. The summed E-state index contributed by atoms with van der Waals surface area (Å²) in [5.74, 6) is -0.129. The molecule has 17 heavy (non-hydrogen) atoms. The summed E-state index contributed by atoms with van der Waals surface area (Å²) in [5, 5.41) is -0.554. The molecule has 0 unspecified atom stereocenters. The minimum atomic E-state index is -2.07. The topological polar surface area (TPSA) is 43.4 Å². The lowest BCUT2D eigenvalue weighted by atomic mass is 9.96. The van der Waals surface area contributed by atoms with Crippen molar-refractivity contribution in [2.75, 3.05) is 12.4 Å². The molecule has 0 saturated heterocycles. The van der Waals surface area contributed by atoms with Gasteiger partial charge in [0.05, 0.1) is 13.0 Å². The van der Waals surface area contributed by atoms with Crippen LogP contribution in [-0.4, -0.2) is 29.1 Å². The van der Waals surface area contributed by atoms with E-state index < -0.39 is 23.2 Å². The molecule has 0 aliphatic rings. The minimum absolute atomic E-state index is 0.0914. The third kappa shape index (κ3) is 6.05. The number of rotatable bonds is 8. The fraction of sp³-hybridized carbons (Fsp3) is 0.833. The molecule has 0 amide bonds. The molecule has 0 spiro atoms. The number of ether oxygens (including phenoxy) is 1. The smallest absolute Gasteiger partial charge is 0.309 e. The first-order valence-corrected chi connectivity index (χ1v) is 7.00. The summed E-state index contributed by atoms with van der Waals surface area (Å²) >= 11 is 0.927. The molecule has 0 aromatic heterocycles. The lowest BCUT2D eigenvalue weighted by molar-refractivity contribution is -0.148. The van der Waals surface area contributed by atoms with E-state index in [1.165, 1.54) is 0 Å². The highest BCUT2D eigenvalue weighted by Crippen LogP contribution is 2.30. The molecule has 0 aromatic carbocycles. The zero-order valence-corrected chi connectivity index (χ0v) is 11.6. The first-order chi connectivity index (χ1) is 8.00. The van der Waals surface area contributed by atoms with Crippen molar-refractivity contribution < 1.29 is 18.7 Å². The first kappa shape index (κ1) is 16.4. The van der Waals surface area contributed by atoms with E-state index in [9.17, 15) is 14.0 Å². The summed E-state index contributed by atoms with van der Waals surface area (Å²) < 4.78 is 19.2. The fourth-order valence-electron chi connectivity index (χ4n) is 1.42. The van der Waals surface area contributed by atoms with E-state index >= 15 is 0 Å². The number of hydrogen-bond acceptors (Lipinski definition) is 4. The van der Waals surface area contributed by atoms with Crippen LogP contribution in [0.15, 0.2) is 0 Å². The van der Waals surface area contributed by atoms with E-state index in [1.807, 2.05) is 6.92 Å². The lowest BCUT2D eigenvalue weighted by Crippen LogP contribution is -2.35. The van der Waals surface area contributed by atoms with Gasteiger partial charge in [0.1, 0.15) is 0 Å². The Bertz CT molecular complexity index is 258. The zero-order valence-electron chi connectivity index (χ0n) is 10.8. The van der Waals surface area contributed by atoms with Crippen molar-refractivity contribution in [2.24, 2.45) is 0 Å². The van der Waals surface area contributed by atoms with Crippen LogP contribution >= 0.6 is 11.8 Å². The van der Waals surface area contributed by atoms with Crippen molar-refractivity contribution in [1.29, 1.82) is 0 Å². The summed E-state index contributed by atoms with van der Waals surface area (Å²) in [7, 11) is 0. The number of hydrogen-bond donors (Lipinski definition) is 0. The number of carbonyl (C=O) groups excluding carboxylic acids is 2. The van der Waals surface area contributed by atoms with Crippen LogP contribution < -0.4 is 0 Å². The second-order valence-electron chi connectivity index (χ2n) is 3.77. The van der Waals surface area contributed by atoms with Crippen LogP contribution in [0.25, 0.3) is 0 Å². The summed E-state index contributed by atoms with van der Waals surface area (Å²) in [4.78, 5) is 23.0. The van der Waals surface area contributed by atoms with Gasteiger partial charge in [-0.25, -0.2) is 4.39 Å². The van der Waals surface area contributed by atoms with E-state index in [4.69, 9.17) is 4.74 Å². The quantitative estimate of drug-likeness (QED) is 0.632. The maximum atomic E-state index is 14.5. The molecule has 0 aromatic rings. The summed E-state index contributed by atoms with van der Waals surface area (Å²) in [6.07, 6.45) is 1.01. The molecule has 5 heteroatoms. The molecule has 0 radical (unpaired) electrons. The number of alkyl halides is 1. The first-order valence-electron chi connectivity index (χ1n) is 6.01. The van der Waals surface area contributed by atoms with Crippen LogP contribution in [0.3, 0.4) is 0 Å². The molecular weight excluding hydrogens is 243 g/mol. The van der Waals surface area contributed by atoms with Gasteiger partial charge in [-0.15, -0.1) is 0 Å².